The number of nitrogens with zero attached hydrogens (tertiary/aromatic N) is 5. The molecule has 220 valence electrons. The standard InChI is InChI=1S/C27H35N7O7/c1-19(35)33(34-22(36)17-32(26(34)39)15-9-14-30-24-28-12-8-13-29-24)16-21(23(37)41-27(2,3)4)31-25(38)40-18-20-10-6-5-7-11-20/h5-8,10-13,21H,9,14-18H2,1-4H3,(H,31,38)(H,28,29,30). The summed E-state index contributed by atoms with van der Waals surface area (Å²) in [6, 6.07) is 8.43. The number of esters is 1. The Kier molecular flexibility index (Phi) is 10.6. The van der Waals surface area contributed by atoms with Gasteiger partial charge in [0, 0.05) is 32.4 Å². The molecule has 0 radical (unpaired) electrons. The summed E-state index contributed by atoms with van der Waals surface area (Å²) in [5, 5.41) is 6.93. The molecule has 2 aromatic rings. The summed E-state index contributed by atoms with van der Waals surface area (Å²) in [5.41, 5.74) is -0.192. The zero-order chi connectivity index (χ0) is 30.0. The van der Waals surface area contributed by atoms with E-state index in [1.807, 2.05) is 6.07 Å². The minimum Gasteiger partial charge on any atom is -0.458 e. The van der Waals surface area contributed by atoms with Gasteiger partial charge in [0.2, 0.25) is 11.9 Å². The number of hydrazine groups is 1. The number of urea groups is 1. The summed E-state index contributed by atoms with van der Waals surface area (Å²) in [7, 11) is 0. The number of rotatable bonds is 12. The zero-order valence-corrected chi connectivity index (χ0v) is 23.5. The molecule has 0 aliphatic carbocycles. The van der Waals surface area contributed by atoms with Crippen molar-refractivity contribution < 1.29 is 33.4 Å². The van der Waals surface area contributed by atoms with Crippen molar-refractivity contribution in [1.29, 1.82) is 0 Å². The topological polar surface area (TPSA) is 163 Å². The van der Waals surface area contributed by atoms with Crippen molar-refractivity contribution in [2.24, 2.45) is 0 Å². The molecule has 1 atom stereocenters. The van der Waals surface area contributed by atoms with Crippen LogP contribution in [0, 0.1) is 0 Å². The van der Waals surface area contributed by atoms with Crippen molar-refractivity contribution in [2.75, 3.05) is 31.5 Å². The number of imide groups is 1. The fourth-order valence-corrected chi connectivity index (χ4v) is 3.79. The van der Waals surface area contributed by atoms with E-state index >= 15 is 0 Å². The molecule has 3 rings (SSSR count). The molecular formula is C27H35N7O7. The van der Waals surface area contributed by atoms with Crippen LogP contribution in [0.3, 0.4) is 0 Å². The van der Waals surface area contributed by atoms with Gasteiger partial charge >= 0.3 is 18.1 Å². The van der Waals surface area contributed by atoms with Crippen LogP contribution < -0.4 is 10.6 Å². The lowest BCUT2D eigenvalue weighted by Crippen LogP contribution is -2.57. The molecule has 0 spiro atoms. The van der Waals surface area contributed by atoms with Crippen molar-refractivity contribution in [3.8, 4) is 0 Å². The molecule has 14 heteroatoms. The van der Waals surface area contributed by atoms with Crippen LogP contribution in [0.4, 0.5) is 15.5 Å². The summed E-state index contributed by atoms with van der Waals surface area (Å²) in [6.07, 6.45) is 2.72. The fraction of sp³-hybridized carbons (Fsp3) is 0.444. The molecule has 1 aliphatic heterocycles. The average molecular weight is 570 g/mol. The van der Waals surface area contributed by atoms with Crippen LogP contribution in [0.1, 0.15) is 39.7 Å². The van der Waals surface area contributed by atoms with E-state index < -0.39 is 48.1 Å². The van der Waals surface area contributed by atoms with Crippen LogP contribution in [-0.2, 0) is 30.5 Å². The number of carbonyl (C=O) groups excluding carboxylic acids is 5. The van der Waals surface area contributed by atoms with E-state index in [2.05, 4.69) is 20.6 Å². The second kappa shape index (κ2) is 14.1. The first-order chi connectivity index (χ1) is 19.4. The van der Waals surface area contributed by atoms with Gasteiger partial charge in [-0.05, 0) is 38.8 Å². The van der Waals surface area contributed by atoms with Crippen LogP contribution in [-0.4, -0.2) is 92.6 Å². The number of anilines is 1. The lowest BCUT2D eigenvalue weighted by molar-refractivity contribution is -0.162. The Balaban J connectivity index is 1.66. The maximum absolute atomic E-state index is 13.2. The molecule has 2 N–H and O–H groups in total. The van der Waals surface area contributed by atoms with Gasteiger partial charge in [-0.15, -0.1) is 0 Å². The summed E-state index contributed by atoms with van der Waals surface area (Å²) in [5.74, 6) is -1.78. The van der Waals surface area contributed by atoms with Crippen molar-refractivity contribution in [1.82, 2.24) is 30.2 Å². The van der Waals surface area contributed by atoms with E-state index in [4.69, 9.17) is 9.47 Å². The van der Waals surface area contributed by atoms with Gasteiger partial charge in [0.1, 0.15) is 24.8 Å². The van der Waals surface area contributed by atoms with Gasteiger partial charge in [0.25, 0.3) is 5.91 Å². The van der Waals surface area contributed by atoms with Crippen molar-refractivity contribution in [3.63, 3.8) is 0 Å². The summed E-state index contributed by atoms with van der Waals surface area (Å²) >= 11 is 0. The molecule has 41 heavy (non-hydrogen) atoms. The van der Waals surface area contributed by atoms with E-state index in [1.54, 1.807) is 63.5 Å². The number of hydrogen-bond donors (Lipinski definition) is 2. The van der Waals surface area contributed by atoms with Crippen LogP contribution in [0.2, 0.25) is 0 Å². The molecule has 1 fully saturated rings. The highest BCUT2D eigenvalue weighted by Crippen LogP contribution is 2.17. The molecule has 1 saturated heterocycles. The number of aromatic nitrogens is 2. The maximum atomic E-state index is 13.2. The number of alkyl carbamates (subject to hydrolysis) is 1. The largest absolute Gasteiger partial charge is 0.458 e. The summed E-state index contributed by atoms with van der Waals surface area (Å²) < 4.78 is 10.6. The minimum absolute atomic E-state index is 0.0621. The molecule has 0 bridgehead atoms. The molecule has 1 aromatic carbocycles. The fourth-order valence-electron chi connectivity index (χ4n) is 3.79. The van der Waals surface area contributed by atoms with Crippen LogP contribution in [0.5, 0.6) is 0 Å². The Labute approximate surface area is 238 Å². The minimum atomic E-state index is -1.44. The van der Waals surface area contributed by atoms with E-state index in [-0.39, 0.29) is 19.7 Å². The van der Waals surface area contributed by atoms with E-state index in [0.717, 1.165) is 17.5 Å². The van der Waals surface area contributed by atoms with Crippen LogP contribution >= 0.6 is 0 Å². The van der Waals surface area contributed by atoms with Crippen molar-refractivity contribution >= 4 is 35.9 Å². The number of amides is 5. The van der Waals surface area contributed by atoms with Gasteiger partial charge in [-0.25, -0.2) is 29.4 Å². The monoisotopic (exact) mass is 569 g/mol. The molecule has 1 unspecified atom stereocenters. The van der Waals surface area contributed by atoms with Crippen molar-refractivity contribution in [3.05, 3.63) is 54.4 Å². The summed E-state index contributed by atoms with van der Waals surface area (Å²) in [4.78, 5) is 73.6. The molecule has 14 nitrogen and oxygen atoms in total. The highest BCUT2D eigenvalue weighted by molar-refractivity contribution is 6.03. The van der Waals surface area contributed by atoms with Gasteiger partial charge in [-0.1, -0.05) is 30.3 Å². The first-order valence-electron chi connectivity index (χ1n) is 13.1. The predicted octanol–water partition coefficient (Wildman–Crippen LogP) is 1.94. The van der Waals surface area contributed by atoms with Gasteiger partial charge in [0.05, 0.1) is 6.54 Å². The number of benzene rings is 1. The second-order valence-electron chi connectivity index (χ2n) is 10.2. The third-order valence-corrected chi connectivity index (χ3v) is 5.62. The second-order valence-corrected chi connectivity index (χ2v) is 10.2. The lowest BCUT2D eigenvalue weighted by atomic mass is 10.2. The van der Waals surface area contributed by atoms with Crippen LogP contribution in [0.25, 0.3) is 0 Å². The van der Waals surface area contributed by atoms with Gasteiger partial charge in [-0.2, -0.15) is 5.01 Å². The first-order valence-corrected chi connectivity index (χ1v) is 13.1. The first kappa shape index (κ1) is 30.8. The van der Waals surface area contributed by atoms with Crippen molar-refractivity contribution in [2.45, 2.75) is 52.4 Å². The number of ether oxygens (including phenoxy) is 2. The van der Waals surface area contributed by atoms with Gasteiger partial charge < -0.3 is 25.0 Å². The molecule has 1 aliphatic rings. The van der Waals surface area contributed by atoms with E-state index in [1.165, 1.54) is 4.90 Å². The third kappa shape index (κ3) is 9.44. The lowest BCUT2D eigenvalue weighted by Gasteiger charge is -2.32. The molecule has 1 aromatic heterocycles. The number of carbonyl (C=O) groups is 5. The Morgan fingerprint density at radius 1 is 1.07 bits per heavy atom. The molecular weight excluding hydrogens is 534 g/mol. The Morgan fingerprint density at radius 2 is 1.76 bits per heavy atom. The Bertz CT molecular complexity index is 1220. The average Bonchev–Trinajstić information content (AvgIpc) is 3.20. The Hall–Kier alpha value is -4.75. The molecule has 0 saturated carbocycles. The van der Waals surface area contributed by atoms with Crippen LogP contribution in [0.15, 0.2) is 48.8 Å². The van der Waals surface area contributed by atoms with Gasteiger partial charge in [-0.3, -0.25) is 9.59 Å². The maximum Gasteiger partial charge on any atom is 0.408 e. The normalized spacial score (nSPS) is 14.0. The molecule has 2 heterocycles. The Morgan fingerprint density at radius 3 is 2.39 bits per heavy atom. The highest BCUT2D eigenvalue weighted by atomic mass is 16.6. The third-order valence-electron chi connectivity index (χ3n) is 5.62. The van der Waals surface area contributed by atoms with Gasteiger partial charge in [0.15, 0.2) is 0 Å². The molecule has 5 amide bonds. The number of hydrogen-bond acceptors (Lipinski definition) is 10. The quantitative estimate of drug-likeness (QED) is 0.219. The van der Waals surface area contributed by atoms with E-state index in [9.17, 15) is 24.0 Å². The SMILES string of the molecule is CC(=O)N(CC(NC(=O)OCc1ccccc1)C(=O)OC(C)(C)C)N1C(=O)CN(CCCNc2ncccn2)C1=O. The highest BCUT2D eigenvalue weighted by Gasteiger charge is 2.43. The number of nitrogens with one attached hydrogen (secondary N) is 2. The summed E-state index contributed by atoms with van der Waals surface area (Å²) in [6.45, 7) is 5.87. The zero-order valence-electron chi connectivity index (χ0n) is 23.5. The van der Waals surface area contributed by atoms with E-state index in [0.29, 0.717) is 23.9 Å². The smallest absolute Gasteiger partial charge is 0.408 e. The predicted molar refractivity (Wildman–Crippen MR) is 146 cm³/mol.